The number of para-hydroxylation sites is 2. The van der Waals surface area contributed by atoms with E-state index in [4.69, 9.17) is 9.84 Å². The third kappa shape index (κ3) is 4.69. The Morgan fingerprint density at radius 2 is 1.96 bits per heavy atom. The van der Waals surface area contributed by atoms with Crippen LogP contribution in [0.2, 0.25) is 0 Å². The molecule has 0 fully saturated rings. The lowest BCUT2D eigenvalue weighted by Crippen LogP contribution is -2.39. The molecular weight excluding hydrogens is 299 g/mol. The van der Waals surface area contributed by atoms with E-state index in [9.17, 15) is 9.18 Å². The van der Waals surface area contributed by atoms with Crippen LogP contribution in [0.25, 0.3) is 0 Å². The van der Waals surface area contributed by atoms with Gasteiger partial charge in [-0.15, -0.1) is 0 Å². The Labute approximate surface area is 134 Å². The smallest absolute Gasteiger partial charge is 0.319 e. The monoisotopic (exact) mass is 318 g/mol. The van der Waals surface area contributed by atoms with E-state index in [0.29, 0.717) is 12.2 Å². The van der Waals surface area contributed by atoms with Crippen LogP contribution < -0.4 is 15.4 Å². The zero-order valence-electron chi connectivity index (χ0n) is 12.8. The molecule has 2 aromatic carbocycles. The lowest BCUT2D eigenvalue weighted by Gasteiger charge is -2.17. The largest absolute Gasteiger partial charge is 0.455 e. The van der Waals surface area contributed by atoms with Gasteiger partial charge in [-0.3, -0.25) is 0 Å². The van der Waals surface area contributed by atoms with Gasteiger partial charge < -0.3 is 20.5 Å². The molecular formula is C17H19FN2O3. The summed E-state index contributed by atoms with van der Waals surface area (Å²) < 4.78 is 19.7. The van der Waals surface area contributed by atoms with Gasteiger partial charge in [-0.05, 0) is 30.7 Å². The van der Waals surface area contributed by atoms with Gasteiger partial charge in [0.15, 0.2) is 11.6 Å². The molecule has 0 aliphatic carbocycles. The summed E-state index contributed by atoms with van der Waals surface area (Å²) >= 11 is 0. The number of aliphatic hydroxyl groups excluding tert-OH is 1. The van der Waals surface area contributed by atoms with Crippen molar-refractivity contribution < 1.29 is 19.0 Å². The summed E-state index contributed by atoms with van der Waals surface area (Å²) in [5, 5.41) is 14.1. The zero-order valence-corrected chi connectivity index (χ0v) is 12.8. The van der Waals surface area contributed by atoms with Crippen molar-refractivity contribution in [3.8, 4) is 11.5 Å². The Bertz CT molecular complexity index is 646. The minimum absolute atomic E-state index is 0.0540. The third-order valence-corrected chi connectivity index (χ3v) is 3.23. The molecule has 0 heterocycles. The Morgan fingerprint density at radius 3 is 2.61 bits per heavy atom. The van der Waals surface area contributed by atoms with Gasteiger partial charge in [0, 0.05) is 0 Å². The first kappa shape index (κ1) is 16.8. The van der Waals surface area contributed by atoms with Crippen LogP contribution in [0.4, 0.5) is 14.9 Å². The number of carbonyl (C=O) groups is 1. The lowest BCUT2D eigenvalue weighted by atomic mass is 10.2. The van der Waals surface area contributed by atoms with E-state index >= 15 is 0 Å². The Hall–Kier alpha value is -2.60. The molecule has 0 spiro atoms. The minimum atomic E-state index is -0.606. The van der Waals surface area contributed by atoms with E-state index in [1.807, 2.05) is 13.0 Å². The predicted molar refractivity (Wildman–Crippen MR) is 86.2 cm³/mol. The van der Waals surface area contributed by atoms with Gasteiger partial charge in [0.05, 0.1) is 12.6 Å². The van der Waals surface area contributed by atoms with Crippen molar-refractivity contribution in [3.05, 3.63) is 54.3 Å². The summed E-state index contributed by atoms with van der Waals surface area (Å²) in [6, 6.07) is 12.2. The van der Waals surface area contributed by atoms with Crippen molar-refractivity contribution in [2.24, 2.45) is 0 Å². The molecule has 2 aromatic rings. The average Bonchev–Trinajstić information content (AvgIpc) is 2.57. The topological polar surface area (TPSA) is 70.6 Å². The van der Waals surface area contributed by atoms with Gasteiger partial charge >= 0.3 is 6.03 Å². The summed E-state index contributed by atoms with van der Waals surface area (Å²) in [5.74, 6) is 0.123. The second-order valence-corrected chi connectivity index (χ2v) is 4.91. The summed E-state index contributed by atoms with van der Waals surface area (Å²) in [4.78, 5) is 11.9. The lowest BCUT2D eigenvalue weighted by molar-refractivity contribution is 0.222. The van der Waals surface area contributed by atoms with E-state index in [1.54, 1.807) is 30.3 Å². The van der Waals surface area contributed by atoms with Gasteiger partial charge in [0.2, 0.25) is 0 Å². The van der Waals surface area contributed by atoms with Crippen LogP contribution >= 0.6 is 0 Å². The van der Waals surface area contributed by atoms with Crippen molar-refractivity contribution in [2.75, 3.05) is 11.9 Å². The number of hydrogen-bond acceptors (Lipinski definition) is 3. The summed E-state index contributed by atoms with van der Waals surface area (Å²) in [6.07, 6.45) is 0.564. The number of ether oxygens (including phenoxy) is 1. The maximum Gasteiger partial charge on any atom is 0.319 e. The van der Waals surface area contributed by atoms with E-state index in [1.165, 1.54) is 12.1 Å². The first-order chi connectivity index (χ1) is 11.1. The molecule has 2 rings (SSSR count). The van der Waals surface area contributed by atoms with Crippen molar-refractivity contribution in [3.63, 3.8) is 0 Å². The SMILES string of the molecule is CCC(CO)NC(=O)Nc1c(F)cccc1Oc1ccccc1. The standard InChI is InChI=1S/C17H19FN2O3/c1-2-12(11-21)19-17(22)20-16-14(18)9-6-10-15(16)23-13-7-4-3-5-8-13/h3-10,12,21H,2,11H2,1H3,(H2,19,20,22). The fraction of sp³-hybridized carbons (Fsp3) is 0.235. The maximum atomic E-state index is 14.0. The van der Waals surface area contributed by atoms with E-state index in [0.717, 1.165) is 0 Å². The molecule has 6 heteroatoms. The van der Waals surface area contributed by atoms with Gasteiger partial charge in [-0.25, -0.2) is 9.18 Å². The highest BCUT2D eigenvalue weighted by Crippen LogP contribution is 2.31. The fourth-order valence-corrected chi connectivity index (χ4v) is 1.94. The molecule has 0 aromatic heterocycles. The molecule has 0 aliphatic rings. The normalized spacial score (nSPS) is 11.6. The zero-order chi connectivity index (χ0) is 16.7. The molecule has 23 heavy (non-hydrogen) atoms. The number of benzene rings is 2. The molecule has 0 saturated carbocycles. The van der Waals surface area contributed by atoms with Gasteiger partial charge in [0.1, 0.15) is 11.4 Å². The molecule has 0 bridgehead atoms. The number of anilines is 1. The van der Waals surface area contributed by atoms with Crippen LogP contribution in [-0.2, 0) is 0 Å². The Kier molecular flexibility index (Phi) is 5.94. The predicted octanol–water partition coefficient (Wildman–Crippen LogP) is 3.51. The Balaban J connectivity index is 2.16. The van der Waals surface area contributed by atoms with Crippen molar-refractivity contribution >= 4 is 11.7 Å². The molecule has 122 valence electrons. The van der Waals surface area contributed by atoms with Crippen molar-refractivity contribution in [1.82, 2.24) is 5.32 Å². The highest BCUT2D eigenvalue weighted by molar-refractivity contribution is 5.91. The summed E-state index contributed by atoms with van der Waals surface area (Å²) in [6.45, 7) is 1.64. The maximum absolute atomic E-state index is 14.0. The number of amides is 2. The van der Waals surface area contributed by atoms with Gasteiger partial charge in [-0.1, -0.05) is 31.2 Å². The summed E-state index contributed by atoms with van der Waals surface area (Å²) in [7, 11) is 0. The van der Waals surface area contributed by atoms with Crippen molar-refractivity contribution in [1.29, 1.82) is 0 Å². The molecule has 3 N–H and O–H groups in total. The number of aliphatic hydroxyl groups is 1. The van der Waals surface area contributed by atoms with Gasteiger partial charge in [-0.2, -0.15) is 0 Å². The van der Waals surface area contributed by atoms with E-state index in [2.05, 4.69) is 10.6 Å². The number of carbonyl (C=O) groups excluding carboxylic acids is 1. The Morgan fingerprint density at radius 1 is 1.22 bits per heavy atom. The first-order valence-corrected chi connectivity index (χ1v) is 7.33. The molecule has 0 aliphatic heterocycles. The second-order valence-electron chi connectivity index (χ2n) is 4.91. The minimum Gasteiger partial charge on any atom is -0.455 e. The number of nitrogens with one attached hydrogen (secondary N) is 2. The quantitative estimate of drug-likeness (QED) is 0.763. The average molecular weight is 318 g/mol. The molecule has 5 nitrogen and oxygen atoms in total. The molecule has 1 unspecified atom stereocenters. The van der Waals surface area contributed by atoms with Gasteiger partial charge in [0.25, 0.3) is 0 Å². The second kappa shape index (κ2) is 8.14. The highest BCUT2D eigenvalue weighted by Gasteiger charge is 2.15. The van der Waals surface area contributed by atoms with Crippen LogP contribution in [0.1, 0.15) is 13.3 Å². The van der Waals surface area contributed by atoms with Crippen LogP contribution in [-0.4, -0.2) is 23.8 Å². The molecule has 2 amide bonds. The van der Waals surface area contributed by atoms with E-state index in [-0.39, 0.29) is 24.1 Å². The van der Waals surface area contributed by atoms with Crippen LogP contribution in [0, 0.1) is 5.82 Å². The number of halogens is 1. The number of hydrogen-bond donors (Lipinski definition) is 3. The number of urea groups is 1. The first-order valence-electron chi connectivity index (χ1n) is 7.33. The highest BCUT2D eigenvalue weighted by atomic mass is 19.1. The molecule has 0 saturated heterocycles. The van der Waals surface area contributed by atoms with Crippen LogP contribution in [0.5, 0.6) is 11.5 Å². The molecule has 0 radical (unpaired) electrons. The van der Waals surface area contributed by atoms with Crippen LogP contribution in [0.3, 0.4) is 0 Å². The van der Waals surface area contributed by atoms with Crippen molar-refractivity contribution in [2.45, 2.75) is 19.4 Å². The third-order valence-electron chi connectivity index (χ3n) is 3.23. The molecule has 1 atom stereocenters. The van der Waals surface area contributed by atoms with E-state index < -0.39 is 11.8 Å². The van der Waals surface area contributed by atoms with Crippen LogP contribution in [0.15, 0.2) is 48.5 Å². The summed E-state index contributed by atoms with van der Waals surface area (Å²) in [5.41, 5.74) is -0.0540. The number of rotatable bonds is 6. The fourth-order valence-electron chi connectivity index (χ4n) is 1.94.